The van der Waals surface area contributed by atoms with Crippen LogP contribution >= 0.6 is 0 Å². The van der Waals surface area contributed by atoms with Gasteiger partial charge >= 0.3 is 0 Å². The van der Waals surface area contributed by atoms with E-state index in [1.54, 1.807) is 30.5 Å². The standard InChI is InChI=1S/C21H18N4O2/c1-15-8-10-17(11-9-15)25-20(26)14-24-18-6-2-3-7-19(18)27-21-16(13-22)5-4-12-23-21/h2-12,24H,14H2,1H3,(H,25,26). The van der Waals surface area contributed by atoms with Crippen LogP contribution in [-0.4, -0.2) is 17.4 Å². The summed E-state index contributed by atoms with van der Waals surface area (Å²) in [6.45, 7) is 2.06. The molecule has 1 heterocycles. The second kappa shape index (κ2) is 8.50. The van der Waals surface area contributed by atoms with E-state index in [2.05, 4.69) is 15.6 Å². The first kappa shape index (κ1) is 18.0. The third kappa shape index (κ3) is 4.83. The quantitative estimate of drug-likeness (QED) is 0.692. The van der Waals surface area contributed by atoms with Crippen molar-refractivity contribution in [2.24, 2.45) is 0 Å². The van der Waals surface area contributed by atoms with Gasteiger partial charge in [-0.15, -0.1) is 0 Å². The summed E-state index contributed by atoms with van der Waals surface area (Å²) in [6.07, 6.45) is 1.56. The van der Waals surface area contributed by atoms with E-state index in [4.69, 9.17) is 10.00 Å². The van der Waals surface area contributed by atoms with Crippen molar-refractivity contribution in [2.75, 3.05) is 17.2 Å². The zero-order chi connectivity index (χ0) is 19.1. The normalized spacial score (nSPS) is 9.93. The van der Waals surface area contributed by atoms with E-state index in [1.165, 1.54) is 0 Å². The van der Waals surface area contributed by atoms with Crippen molar-refractivity contribution in [3.8, 4) is 17.7 Å². The minimum Gasteiger partial charge on any atom is -0.436 e. The highest BCUT2D eigenvalue weighted by molar-refractivity contribution is 5.93. The van der Waals surface area contributed by atoms with Crippen LogP contribution in [0.25, 0.3) is 0 Å². The Hall–Kier alpha value is -3.85. The molecule has 2 aromatic carbocycles. The molecule has 6 heteroatoms. The second-order valence-corrected chi connectivity index (χ2v) is 5.83. The number of hydrogen-bond acceptors (Lipinski definition) is 5. The molecule has 0 atom stereocenters. The lowest BCUT2D eigenvalue weighted by atomic mass is 10.2. The van der Waals surface area contributed by atoms with E-state index in [0.29, 0.717) is 17.0 Å². The minimum absolute atomic E-state index is 0.0710. The largest absolute Gasteiger partial charge is 0.436 e. The van der Waals surface area contributed by atoms with Crippen molar-refractivity contribution in [1.29, 1.82) is 5.26 Å². The van der Waals surface area contributed by atoms with Crippen LogP contribution in [-0.2, 0) is 4.79 Å². The van der Waals surface area contributed by atoms with Crippen LogP contribution in [0.1, 0.15) is 11.1 Å². The highest BCUT2D eigenvalue weighted by Crippen LogP contribution is 2.29. The number of benzene rings is 2. The summed E-state index contributed by atoms with van der Waals surface area (Å²) in [5.74, 6) is 0.526. The number of pyridine rings is 1. The number of carbonyl (C=O) groups excluding carboxylic acids is 1. The third-order valence-corrected chi connectivity index (χ3v) is 3.76. The van der Waals surface area contributed by atoms with E-state index in [-0.39, 0.29) is 18.3 Å². The summed E-state index contributed by atoms with van der Waals surface area (Å²) in [7, 11) is 0. The number of aryl methyl sites for hydroxylation is 1. The summed E-state index contributed by atoms with van der Waals surface area (Å²) >= 11 is 0. The lowest BCUT2D eigenvalue weighted by Gasteiger charge is -2.13. The highest BCUT2D eigenvalue weighted by Gasteiger charge is 2.10. The van der Waals surface area contributed by atoms with Gasteiger partial charge in [0.15, 0.2) is 5.75 Å². The molecule has 1 amide bonds. The number of carbonyl (C=O) groups is 1. The highest BCUT2D eigenvalue weighted by atomic mass is 16.5. The lowest BCUT2D eigenvalue weighted by molar-refractivity contribution is -0.114. The van der Waals surface area contributed by atoms with Gasteiger partial charge in [0.1, 0.15) is 11.6 Å². The number of nitrogens with zero attached hydrogens (tertiary/aromatic N) is 2. The lowest BCUT2D eigenvalue weighted by Crippen LogP contribution is -2.21. The molecule has 0 aliphatic rings. The van der Waals surface area contributed by atoms with E-state index < -0.39 is 0 Å². The van der Waals surface area contributed by atoms with Crippen LogP contribution in [0.3, 0.4) is 0 Å². The molecule has 0 radical (unpaired) electrons. The number of aromatic nitrogens is 1. The van der Waals surface area contributed by atoms with Gasteiger partial charge in [-0.1, -0.05) is 29.8 Å². The first-order valence-corrected chi connectivity index (χ1v) is 8.38. The summed E-state index contributed by atoms with van der Waals surface area (Å²) < 4.78 is 5.77. The zero-order valence-electron chi connectivity index (χ0n) is 14.8. The Kier molecular flexibility index (Phi) is 5.65. The number of para-hydroxylation sites is 2. The number of anilines is 2. The molecule has 3 aromatic rings. The van der Waals surface area contributed by atoms with Crippen LogP contribution in [0, 0.1) is 18.3 Å². The van der Waals surface area contributed by atoms with Crippen molar-refractivity contribution in [2.45, 2.75) is 6.92 Å². The summed E-state index contributed by atoms with van der Waals surface area (Å²) in [6, 6.07) is 20.1. The molecule has 0 bridgehead atoms. The molecule has 0 aliphatic carbocycles. The maximum Gasteiger partial charge on any atom is 0.243 e. The van der Waals surface area contributed by atoms with Gasteiger partial charge in [0.2, 0.25) is 11.8 Å². The van der Waals surface area contributed by atoms with Crippen LogP contribution in [0.15, 0.2) is 66.9 Å². The number of nitrogens with one attached hydrogen (secondary N) is 2. The van der Waals surface area contributed by atoms with Gasteiger partial charge in [0.25, 0.3) is 0 Å². The Balaban J connectivity index is 1.66. The Bertz CT molecular complexity index is 978. The van der Waals surface area contributed by atoms with E-state index in [9.17, 15) is 4.79 Å². The van der Waals surface area contributed by atoms with Gasteiger partial charge in [0.05, 0.1) is 12.2 Å². The smallest absolute Gasteiger partial charge is 0.243 e. The van der Waals surface area contributed by atoms with Crippen molar-refractivity contribution >= 4 is 17.3 Å². The number of amides is 1. The molecule has 0 unspecified atom stereocenters. The van der Waals surface area contributed by atoms with Crippen LogP contribution in [0.2, 0.25) is 0 Å². The van der Waals surface area contributed by atoms with Crippen molar-refractivity contribution in [1.82, 2.24) is 4.98 Å². The zero-order valence-corrected chi connectivity index (χ0v) is 14.8. The molecule has 27 heavy (non-hydrogen) atoms. The van der Waals surface area contributed by atoms with Crippen molar-refractivity contribution in [3.05, 3.63) is 78.0 Å². The van der Waals surface area contributed by atoms with Gasteiger partial charge in [-0.2, -0.15) is 5.26 Å². The third-order valence-electron chi connectivity index (χ3n) is 3.76. The molecule has 0 saturated carbocycles. The number of ether oxygens (including phenoxy) is 1. The van der Waals surface area contributed by atoms with Crippen LogP contribution in [0.5, 0.6) is 11.6 Å². The molecule has 3 rings (SSSR count). The molecule has 0 fully saturated rings. The predicted octanol–water partition coefficient (Wildman–Crippen LogP) is 4.10. The predicted molar refractivity (Wildman–Crippen MR) is 104 cm³/mol. The Morgan fingerprint density at radius 2 is 1.89 bits per heavy atom. The molecule has 1 aromatic heterocycles. The van der Waals surface area contributed by atoms with Crippen molar-refractivity contribution < 1.29 is 9.53 Å². The Morgan fingerprint density at radius 3 is 2.67 bits per heavy atom. The van der Waals surface area contributed by atoms with Gasteiger partial charge in [0, 0.05) is 11.9 Å². The van der Waals surface area contributed by atoms with Crippen LogP contribution < -0.4 is 15.4 Å². The van der Waals surface area contributed by atoms with Crippen LogP contribution in [0.4, 0.5) is 11.4 Å². The van der Waals surface area contributed by atoms with E-state index >= 15 is 0 Å². The molecule has 0 saturated heterocycles. The fourth-order valence-electron chi connectivity index (χ4n) is 2.38. The molecule has 0 spiro atoms. The first-order valence-electron chi connectivity index (χ1n) is 8.38. The summed E-state index contributed by atoms with van der Waals surface area (Å²) in [5.41, 5.74) is 2.84. The molecular weight excluding hydrogens is 340 g/mol. The second-order valence-electron chi connectivity index (χ2n) is 5.83. The molecule has 6 nitrogen and oxygen atoms in total. The number of rotatable bonds is 6. The minimum atomic E-state index is -0.177. The number of nitriles is 1. The van der Waals surface area contributed by atoms with Gasteiger partial charge in [-0.05, 0) is 43.3 Å². The monoisotopic (exact) mass is 358 g/mol. The molecule has 134 valence electrons. The Labute approximate surface area is 157 Å². The van der Waals surface area contributed by atoms with Gasteiger partial charge < -0.3 is 15.4 Å². The Morgan fingerprint density at radius 1 is 1.11 bits per heavy atom. The molecule has 0 aliphatic heterocycles. The molecular formula is C21H18N4O2. The average molecular weight is 358 g/mol. The number of hydrogen-bond donors (Lipinski definition) is 2. The fourth-order valence-corrected chi connectivity index (χ4v) is 2.38. The maximum absolute atomic E-state index is 12.2. The van der Waals surface area contributed by atoms with Gasteiger partial charge in [-0.25, -0.2) is 4.98 Å². The first-order chi connectivity index (χ1) is 13.2. The SMILES string of the molecule is Cc1ccc(NC(=O)CNc2ccccc2Oc2ncccc2C#N)cc1. The summed E-state index contributed by atoms with van der Waals surface area (Å²) in [4.78, 5) is 16.3. The topological polar surface area (TPSA) is 87.0 Å². The van der Waals surface area contributed by atoms with E-state index in [1.807, 2.05) is 49.4 Å². The molecule has 2 N–H and O–H groups in total. The van der Waals surface area contributed by atoms with E-state index in [0.717, 1.165) is 11.3 Å². The fraction of sp³-hybridized carbons (Fsp3) is 0.0952. The average Bonchev–Trinajstić information content (AvgIpc) is 2.69. The maximum atomic E-state index is 12.2. The van der Waals surface area contributed by atoms with Gasteiger partial charge in [-0.3, -0.25) is 4.79 Å². The summed E-state index contributed by atoms with van der Waals surface area (Å²) in [5, 5.41) is 15.0. The van der Waals surface area contributed by atoms with Crippen molar-refractivity contribution in [3.63, 3.8) is 0 Å².